The van der Waals surface area contributed by atoms with Crippen LogP contribution in [0.4, 0.5) is 11.4 Å². The van der Waals surface area contributed by atoms with Gasteiger partial charge in [-0.25, -0.2) is 4.68 Å². The van der Waals surface area contributed by atoms with Crippen molar-refractivity contribution in [3.63, 3.8) is 0 Å². The number of benzene rings is 2. The van der Waals surface area contributed by atoms with E-state index in [1.54, 1.807) is 4.68 Å². The van der Waals surface area contributed by atoms with Crippen LogP contribution in [0.25, 0.3) is 0 Å². The topological polar surface area (TPSA) is 59.4 Å². The maximum atomic E-state index is 12.3. The van der Waals surface area contributed by atoms with E-state index >= 15 is 0 Å². The van der Waals surface area contributed by atoms with Crippen molar-refractivity contribution in [2.75, 3.05) is 16.8 Å². The minimum atomic E-state index is -0.0367. The zero-order chi connectivity index (χ0) is 23.8. The molecule has 6 nitrogen and oxygen atoms in total. The van der Waals surface area contributed by atoms with Crippen LogP contribution in [-0.4, -0.2) is 22.2 Å². The first-order valence-electron chi connectivity index (χ1n) is 11.2. The van der Waals surface area contributed by atoms with Crippen molar-refractivity contribution in [1.29, 1.82) is 0 Å². The van der Waals surface area contributed by atoms with Crippen molar-refractivity contribution in [1.82, 2.24) is 9.78 Å². The highest BCUT2D eigenvalue weighted by molar-refractivity contribution is 6.30. The minimum Gasteiger partial charge on any atom is -0.439 e. The summed E-state index contributed by atoms with van der Waals surface area (Å²) in [6, 6.07) is 13.5. The third-order valence-corrected chi connectivity index (χ3v) is 5.96. The molecule has 1 aromatic heterocycles. The fourth-order valence-corrected chi connectivity index (χ4v) is 4.32. The molecule has 1 amide bonds. The van der Waals surface area contributed by atoms with Gasteiger partial charge in [-0.15, -0.1) is 0 Å². The average Bonchev–Trinajstić information content (AvgIpc) is 3.23. The summed E-state index contributed by atoms with van der Waals surface area (Å²) in [5.74, 6) is 1.50. The van der Waals surface area contributed by atoms with Gasteiger partial charge in [-0.1, -0.05) is 32.4 Å². The molecule has 0 radical (unpaired) electrons. The molecule has 7 heteroatoms. The number of fused-ring (bicyclic) bond motifs is 1. The van der Waals surface area contributed by atoms with E-state index in [2.05, 4.69) is 48.2 Å². The van der Waals surface area contributed by atoms with Gasteiger partial charge in [0, 0.05) is 36.4 Å². The van der Waals surface area contributed by atoms with Crippen LogP contribution in [-0.2, 0) is 24.8 Å². The Morgan fingerprint density at radius 1 is 1.18 bits per heavy atom. The highest BCUT2D eigenvalue weighted by Gasteiger charge is 2.24. The van der Waals surface area contributed by atoms with Crippen LogP contribution in [0.3, 0.4) is 0 Å². The largest absolute Gasteiger partial charge is 0.439 e. The van der Waals surface area contributed by atoms with Gasteiger partial charge < -0.3 is 15.0 Å². The standard InChI is InChI=1S/C26H31ClN4O2/c1-17-22(25(30(5)29-17)33-21-9-6-19(27)7-10-21)16-31-13-12-18-14-20(8-11-23(18)31)28-24(32)15-26(2,3)4/h6-11,14H,12-13,15-16H2,1-5H3,(H,28,32). The number of amides is 1. The molecule has 0 spiro atoms. The van der Waals surface area contributed by atoms with Crippen LogP contribution in [0.5, 0.6) is 11.6 Å². The first kappa shape index (κ1) is 23.2. The molecular weight excluding hydrogens is 436 g/mol. The normalized spacial score (nSPS) is 13.2. The molecule has 2 aromatic carbocycles. The van der Waals surface area contributed by atoms with Gasteiger partial charge in [-0.3, -0.25) is 4.79 Å². The van der Waals surface area contributed by atoms with E-state index in [1.165, 1.54) is 11.3 Å². The molecule has 0 atom stereocenters. The molecule has 0 aliphatic carbocycles. The molecule has 1 aliphatic heterocycles. The Balaban J connectivity index is 1.51. The molecule has 33 heavy (non-hydrogen) atoms. The maximum Gasteiger partial charge on any atom is 0.224 e. The van der Waals surface area contributed by atoms with E-state index in [4.69, 9.17) is 16.3 Å². The first-order chi connectivity index (χ1) is 15.6. The lowest BCUT2D eigenvalue weighted by molar-refractivity contribution is -0.117. The lowest BCUT2D eigenvalue weighted by Gasteiger charge is -2.21. The molecule has 1 N–H and O–H groups in total. The van der Waals surface area contributed by atoms with E-state index < -0.39 is 0 Å². The number of carbonyl (C=O) groups is 1. The summed E-state index contributed by atoms with van der Waals surface area (Å²) in [6.45, 7) is 9.82. The Bertz CT molecular complexity index is 1160. The van der Waals surface area contributed by atoms with Crippen molar-refractivity contribution in [2.24, 2.45) is 12.5 Å². The number of ether oxygens (including phenoxy) is 1. The van der Waals surface area contributed by atoms with Gasteiger partial charge in [0.2, 0.25) is 11.8 Å². The van der Waals surface area contributed by atoms with Gasteiger partial charge in [0.25, 0.3) is 0 Å². The van der Waals surface area contributed by atoms with Crippen LogP contribution < -0.4 is 15.0 Å². The summed E-state index contributed by atoms with van der Waals surface area (Å²) < 4.78 is 7.97. The summed E-state index contributed by atoms with van der Waals surface area (Å²) in [7, 11) is 1.90. The van der Waals surface area contributed by atoms with E-state index in [0.717, 1.165) is 41.5 Å². The summed E-state index contributed by atoms with van der Waals surface area (Å²) in [6.07, 6.45) is 1.43. The van der Waals surface area contributed by atoms with Crippen LogP contribution in [0.15, 0.2) is 42.5 Å². The van der Waals surface area contributed by atoms with Crippen molar-refractivity contribution < 1.29 is 9.53 Å². The number of nitrogens with zero attached hydrogens (tertiary/aromatic N) is 3. The first-order valence-corrected chi connectivity index (χ1v) is 11.6. The third-order valence-electron chi connectivity index (χ3n) is 5.71. The Morgan fingerprint density at radius 2 is 1.91 bits per heavy atom. The van der Waals surface area contributed by atoms with Gasteiger partial charge in [0.15, 0.2) is 0 Å². The highest BCUT2D eigenvalue weighted by Crippen LogP contribution is 2.35. The monoisotopic (exact) mass is 466 g/mol. The van der Waals surface area contributed by atoms with Gasteiger partial charge in [0.1, 0.15) is 5.75 Å². The van der Waals surface area contributed by atoms with Gasteiger partial charge in [0.05, 0.1) is 17.8 Å². The Kier molecular flexibility index (Phi) is 6.39. The SMILES string of the molecule is Cc1nn(C)c(Oc2ccc(Cl)cc2)c1CN1CCc2cc(NC(=O)CC(C)(C)C)ccc21. The Morgan fingerprint density at radius 3 is 2.61 bits per heavy atom. The summed E-state index contributed by atoms with van der Waals surface area (Å²) >= 11 is 6.01. The molecular formula is C26H31ClN4O2. The molecule has 0 saturated heterocycles. The molecule has 0 unspecified atom stereocenters. The van der Waals surface area contributed by atoms with Gasteiger partial charge in [-0.2, -0.15) is 5.10 Å². The second-order valence-corrected chi connectivity index (χ2v) is 10.3. The molecule has 0 bridgehead atoms. The lowest BCUT2D eigenvalue weighted by Crippen LogP contribution is -2.20. The van der Waals surface area contributed by atoms with Gasteiger partial charge in [-0.05, 0) is 66.8 Å². The van der Waals surface area contributed by atoms with E-state index in [1.807, 2.05) is 44.3 Å². The number of rotatable bonds is 6. The molecule has 174 valence electrons. The van der Waals surface area contributed by atoms with Crippen molar-refractivity contribution in [3.8, 4) is 11.6 Å². The van der Waals surface area contributed by atoms with Crippen LogP contribution >= 0.6 is 11.6 Å². The van der Waals surface area contributed by atoms with Crippen LogP contribution in [0.1, 0.15) is 44.0 Å². The molecule has 3 aromatic rings. The fourth-order valence-electron chi connectivity index (χ4n) is 4.19. The number of aromatic nitrogens is 2. The minimum absolute atomic E-state index is 0.0367. The highest BCUT2D eigenvalue weighted by atomic mass is 35.5. The smallest absolute Gasteiger partial charge is 0.224 e. The second-order valence-electron chi connectivity index (χ2n) is 9.85. The fraction of sp³-hybridized carbons (Fsp3) is 0.385. The van der Waals surface area contributed by atoms with Crippen molar-refractivity contribution in [2.45, 2.75) is 47.1 Å². The van der Waals surface area contributed by atoms with E-state index in [-0.39, 0.29) is 11.3 Å². The summed E-state index contributed by atoms with van der Waals surface area (Å²) in [4.78, 5) is 14.7. The van der Waals surface area contributed by atoms with Crippen molar-refractivity contribution in [3.05, 3.63) is 64.3 Å². The molecule has 2 heterocycles. The number of halogens is 1. The Labute approximate surface area is 200 Å². The third kappa shape index (κ3) is 5.50. The molecule has 4 rings (SSSR count). The number of aryl methyl sites for hydroxylation is 2. The van der Waals surface area contributed by atoms with Crippen molar-refractivity contribution >= 4 is 28.9 Å². The van der Waals surface area contributed by atoms with E-state index in [9.17, 15) is 4.79 Å². The molecule has 0 saturated carbocycles. The maximum absolute atomic E-state index is 12.3. The van der Waals surface area contributed by atoms with E-state index in [0.29, 0.717) is 18.0 Å². The van der Waals surface area contributed by atoms with Crippen LogP contribution in [0.2, 0.25) is 5.02 Å². The van der Waals surface area contributed by atoms with Crippen LogP contribution in [0, 0.1) is 12.3 Å². The predicted octanol–water partition coefficient (Wildman–Crippen LogP) is 6.11. The number of hydrogen-bond donors (Lipinski definition) is 1. The number of hydrogen-bond acceptors (Lipinski definition) is 4. The number of anilines is 2. The zero-order valence-corrected chi connectivity index (χ0v) is 20.7. The number of nitrogens with one attached hydrogen (secondary N) is 1. The Hall–Kier alpha value is -2.99. The number of carbonyl (C=O) groups excluding carboxylic acids is 1. The second kappa shape index (κ2) is 9.10. The summed E-state index contributed by atoms with van der Waals surface area (Å²) in [5, 5.41) is 8.31. The molecule has 0 fully saturated rings. The summed E-state index contributed by atoms with van der Waals surface area (Å²) in [5.41, 5.74) is 5.25. The zero-order valence-electron chi connectivity index (χ0n) is 19.9. The molecule has 1 aliphatic rings. The lowest BCUT2D eigenvalue weighted by atomic mass is 9.92. The van der Waals surface area contributed by atoms with Gasteiger partial charge >= 0.3 is 0 Å². The quantitative estimate of drug-likeness (QED) is 0.476. The average molecular weight is 467 g/mol. The predicted molar refractivity (Wildman–Crippen MR) is 133 cm³/mol.